The van der Waals surface area contributed by atoms with Gasteiger partial charge in [-0.15, -0.1) is 0 Å². The Morgan fingerprint density at radius 1 is 1.04 bits per heavy atom. The minimum absolute atomic E-state index is 0.238. The van der Waals surface area contributed by atoms with Crippen LogP contribution in [0.15, 0.2) is 67.6 Å². The SMILES string of the molecule is CN(c1ccc2c(c1)OCO2)c1nc(-n2ccnc2)ncc1-c1cccnc1. The van der Waals surface area contributed by atoms with Crippen LogP contribution < -0.4 is 14.4 Å². The standard InChI is InChI=1S/C20H16N6O2/c1-25(15-4-5-17-18(9-15)28-13-27-17)19-16(14-3-2-6-21-10-14)11-23-20(24-19)26-8-7-22-12-26/h2-12H,13H2,1H3. The lowest BCUT2D eigenvalue weighted by molar-refractivity contribution is 0.174. The van der Waals surface area contributed by atoms with Gasteiger partial charge in [0.1, 0.15) is 12.1 Å². The van der Waals surface area contributed by atoms with E-state index in [1.807, 2.05) is 48.5 Å². The summed E-state index contributed by atoms with van der Waals surface area (Å²) in [6.07, 6.45) is 10.5. The van der Waals surface area contributed by atoms with Crippen molar-refractivity contribution in [1.82, 2.24) is 24.5 Å². The van der Waals surface area contributed by atoms with E-state index in [1.165, 1.54) is 0 Å². The molecule has 0 aliphatic carbocycles. The Morgan fingerprint density at radius 2 is 1.96 bits per heavy atom. The van der Waals surface area contributed by atoms with Crippen molar-refractivity contribution < 1.29 is 9.47 Å². The van der Waals surface area contributed by atoms with Gasteiger partial charge in [-0.3, -0.25) is 9.55 Å². The third-order valence-electron chi connectivity index (χ3n) is 4.52. The average Bonchev–Trinajstić information content (AvgIpc) is 3.45. The molecule has 0 spiro atoms. The van der Waals surface area contributed by atoms with Crippen molar-refractivity contribution in [1.29, 1.82) is 0 Å². The van der Waals surface area contributed by atoms with E-state index in [1.54, 1.807) is 35.7 Å². The Kier molecular flexibility index (Phi) is 3.86. The highest BCUT2D eigenvalue weighted by Gasteiger charge is 2.19. The molecule has 1 aromatic carbocycles. The number of fused-ring (bicyclic) bond motifs is 1. The number of nitrogens with zero attached hydrogens (tertiary/aromatic N) is 6. The highest BCUT2D eigenvalue weighted by atomic mass is 16.7. The maximum absolute atomic E-state index is 5.52. The summed E-state index contributed by atoms with van der Waals surface area (Å²) in [6.45, 7) is 0.238. The number of aromatic nitrogens is 5. The zero-order chi connectivity index (χ0) is 18.9. The topological polar surface area (TPSA) is 78.2 Å². The van der Waals surface area contributed by atoms with Gasteiger partial charge in [-0.05, 0) is 18.2 Å². The Hall–Kier alpha value is -3.94. The fourth-order valence-corrected chi connectivity index (χ4v) is 3.06. The number of imidazole rings is 1. The second kappa shape index (κ2) is 6.66. The Morgan fingerprint density at radius 3 is 2.79 bits per heavy atom. The highest BCUT2D eigenvalue weighted by Crippen LogP contribution is 2.38. The van der Waals surface area contributed by atoms with Crippen molar-refractivity contribution in [3.8, 4) is 28.6 Å². The normalized spacial score (nSPS) is 12.2. The van der Waals surface area contributed by atoms with E-state index >= 15 is 0 Å². The van der Waals surface area contributed by atoms with Crippen LogP contribution in [0.3, 0.4) is 0 Å². The largest absolute Gasteiger partial charge is 0.454 e. The van der Waals surface area contributed by atoms with Crippen LogP contribution >= 0.6 is 0 Å². The molecule has 0 N–H and O–H groups in total. The summed E-state index contributed by atoms with van der Waals surface area (Å²) in [5.74, 6) is 2.74. The lowest BCUT2D eigenvalue weighted by Gasteiger charge is -2.22. The molecule has 1 aliphatic heterocycles. The van der Waals surface area contributed by atoms with Gasteiger partial charge in [-0.1, -0.05) is 6.07 Å². The second-order valence-electron chi connectivity index (χ2n) is 6.22. The summed E-state index contributed by atoms with van der Waals surface area (Å²) in [4.78, 5) is 19.6. The van der Waals surface area contributed by atoms with Crippen molar-refractivity contribution in [3.05, 3.63) is 67.6 Å². The van der Waals surface area contributed by atoms with E-state index in [0.29, 0.717) is 5.95 Å². The van der Waals surface area contributed by atoms with Crippen molar-refractivity contribution in [2.24, 2.45) is 0 Å². The Balaban J connectivity index is 1.63. The summed E-state index contributed by atoms with van der Waals surface area (Å²) < 4.78 is 12.7. The molecular formula is C20H16N6O2. The van der Waals surface area contributed by atoms with Crippen molar-refractivity contribution in [2.75, 3.05) is 18.7 Å². The Bertz CT molecular complexity index is 1120. The highest BCUT2D eigenvalue weighted by molar-refractivity contribution is 5.79. The van der Waals surface area contributed by atoms with Gasteiger partial charge in [0.05, 0.1) is 0 Å². The second-order valence-corrected chi connectivity index (χ2v) is 6.22. The van der Waals surface area contributed by atoms with Gasteiger partial charge in [0.15, 0.2) is 11.5 Å². The minimum atomic E-state index is 0.238. The van der Waals surface area contributed by atoms with Crippen LogP contribution in [0.4, 0.5) is 11.5 Å². The molecule has 0 bridgehead atoms. The molecule has 28 heavy (non-hydrogen) atoms. The smallest absolute Gasteiger partial charge is 0.236 e. The number of benzene rings is 1. The van der Waals surface area contributed by atoms with E-state index in [2.05, 4.69) is 15.0 Å². The predicted octanol–water partition coefficient (Wildman–Crippen LogP) is 3.22. The monoisotopic (exact) mass is 372 g/mol. The Labute approximate surface area is 161 Å². The van der Waals surface area contributed by atoms with Crippen LogP contribution in [0, 0.1) is 0 Å². The first-order valence-electron chi connectivity index (χ1n) is 8.69. The van der Waals surface area contributed by atoms with Crippen LogP contribution in [-0.2, 0) is 0 Å². The van der Waals surface area contributed by atoms with Gasteiger partial charge in [-0.2, -0.15) is 4.98 Å². The van der Waals surface area contributed by atoms with Gasteiger partial charge in [0.25, 0.3) is 0 Å². The lowest BCUT2D eigenvalue weighted by atomic mass is 10.1. The molecule has 3 aromatic heterocycles. The summed E-state index contributed by atoms with van der Waals surface area (Å²) in [5, 5.41) is 0. The van der Waals surface area contributed by atoms with Gasteiger partial charge in [0.2, 0.25) is 12.7 Å². The van der Waals surface area contributed by atoms with Gasteiger partial charge >= 0.3 is 0 Å². The van der Waals surface area contributed by atoms with E-state index in [4.69, 9.17) is 14.5 Å². The zero-order valence-corrected chi connectivity index (χ0v) is 15.1. The van der Waals surface area contributed by atoms with E-state index in [9.17, 15) is 0 Å². The van der Waals surface area contributed by atoms with Gasteiger partial charge in [0, 0.05) is 60.9 Å². The van der Waals surface area contributed by atoms with Crippen LogP contribution in [0.25, 0.3) is 17.1 Å². The number of anilines is 2. The van der Waals surface area contributed by atoms with Gasteiger partial charge < -0.3 is 14.4 Å². The van der Waals surface area contributed by atoms with E-state index in [-0.39, 0.29) is 6.79 Å². The maximum Gasteiger partial charge on any atom is 0.236 e. The molecule has 0 radical (unpaired) electrons. The molecule has 138 valence electrons. The summed E-state index contributed by atoms with van der Waals surface area (Å²) in [5.41, 5.74) is 2.73. The number of hydrogen-bond donors (Lipinski definition) is 0. The lowest BCUT2D eigenvalue weighted by Crippen LogP contribution is -2.14. The van der Waals surface area contributed by atoms with Crippen LogP contribution in [-0.4, -0.2) is 38.3 Å². The molecule has 0 saturated carbocycles. The molecule has 0 amide bonds. The van der Waals surface area contributed by atoms with E-state index < -0.39 is 0 Å². The minimum Gasteiger partial charge on any atom is -0.454 e. The van der Waals surface area contributed by atoms with E-state index in [0.717, 1.165) is 34.1 Å². The molecule has 0 unspecified atom stereocenters. The van der Waals surface area contributed by atoms with Crippen LogP contribution in [0.2, 0.25) is 0 Å². The summed E-state index contributed by atoms with van der Waals surface area (Å²) in [6, 6.07) is 9.69. The summed E-state index contributed by atoms with van der Waals surface area (Å²) in [7, 11) is 1.96. The molecular weight excluding hydrogens is 356 g/mol. The van der Waals surface area contributed by atoms with Crippen molar-refractivity contribution >= 4 is 11.5 Å². The quantitative estimate of drug-likeness (QED) is 0.544. The number of pyridine rings is 1. The number of ether oxygens (including phenoxy) is 2. The van der Waals surface area contributed by atoms with Gasteiger partial charge in [-0.25, -0.2) is 9.97 Å². The molecule has 8 heteroatoms. The maximum atomic E-state index is 5.52. The zero-order valence-electron chi connectivity index (χ0n) is 15.1. The molecule has 1 aliphatic rings. The molecule has 0 fully saturated rings. The van der Waals surface area contributed by atoms with Crippen molar-refractivity contribution in [3.63, 3.8) is 0 Å². The first kappa shape index (κ1) is 16.2. The number of hydrogen-bond acceptors (Lipinski definition) is 7. The first-order valence-corrected chi connectivity index (χ1v) is 8.69. The third-order valence-corrected chi connectivity index (χ3v) is 4.52. The first-order chi connectivity index (χ1) is 13.8. The third kappa shape index (κ3) is 2.81. The van der Waals surface area contributed by atoms with Crippen LogP contribution in [0.1, 0.15) is 0 Å². The van der Waals surface area contributed by atoms with Crippen LogP contribution in [0.5, 0.6) is 11.5 Å². The molecule has 0 atom stereocenters. The fraction of sp³-hybridized carbons (Fsp3) is 0.100. The fourth-order valence-electron chi connectivity index (χ4n) is 3.06. The molecule has 4 heterocycles. The average molecular weight is 372 g/mol. The number of rotatable bonds is 4. The van der Waals surface area contributed by atoms with Crippen molar-refractivity contribution in [2.45, 2.75) is 0 Å². The predicted molar refractivity (Wildman–Crippen MR) is 103 cm³/mol. The molecule has 5 rings (SSSR count). The molecule has 4 aromatic rings. The molecule has 0 saturated heterocycles. The molecule has 8 nitrogen and oxygen atoms in total. The summed E-state index contributed by atoms with van der Waals surface area (Å²) >= 11 is 0.